The van der Waals surface area contributed by atoms with Gasteiger partial charge in [0.25, 0.3) is 5.91 Å². The zero-order chi connectivity index (χ0) is 26.6. The fraction of sp³-hybridized carbons (Fsp3) is 0.375. The minimum atomic E-state index is -0.681. The van der Waals surface area contributed by atoms with E-state index in [1.807, 2.05) is 38.1 Å². The first kappa shape index (κ1) is 27.2. The van der Waals surface area contributed by atoms with Gasteiger partial charge in [0.2, 0.25) is 5.91 Å². The molecule has 12 heteroatoms. The fourth-order valence-corrected chi connectivity index (χ4v) is 5.11. The second kappa shape index (κ2) is 11.6. The first-order chi connectivity index (χ1) is 17.0. The quantitative estimate of drug-likeness (QED) is 0.295. The number of nitrogens with one attached hydrogen (secondary N) is 1. The molecular weight excluding hydrogens is 502 g/mol. The van der Waals surface area contributed by atoms with Crippen molar-refractivity contribution in [1.82, 2.24) is 14.8 Å². The number of ether oxygens (including phenoxy) is 2. The Labute approximate surface area is 217 Å². The maximum Gasteiger partial charge on any atom is 0.341 e. The molecule has 3 N–H and O–H groups in total. The molecule has 3 rings (SSSR count). The van der Waals surface area contributed by atoms with Gasteiger partial charge in [-0.3, -0.25) is 9.59 Å². The van der Waals surface area contributed by atoms with Crippen molar-refractivity contribution in [3.05, 3.63) is 51.7 Å². The normalized spacial score (nSPS) is 11.9. The Balaban J connectivity index is 1.68. The van der Waals surface area contributed by atoms with Crippen LogP contribution in [0.15, 0.2) is 29.4 Å². The third kappa shape index (κ3) is 6.43. The van der Waals surface area contributed by atoms with E-state index in [4.69, 9.17) is 15.2 Å². The number of aromatic nitrogens is 3. The van der Waals surface area contributed by atoms with E-state index in [9.17, 15) is 14.4 Å². The first-order valence-electron chi connectivity index (χ1n) is 11.2. The lowest BCUT2D eigenvalue weighted by atomic mass is 10.1. The van der Waals surface area contributed by atoms with Crippen LogP contribution in [-0.4, -0.2) is 44.4 Å². The summed E-state index contributed by atoms with van der Waals surface area (Å²) in [4.78, 5) is 37.3. The lowest BCUT2D eigenvalue weighted by Crippen LogP contribution is -2.18. The topological polar surface area (TPSA) is 138 Å². The summed E-state index contributed by atoms with van der Waals surface area (Å²) in [5.74, 6) is -0.366. The molecule has 0 aliphatic carbocycles. The smallest absolute Gasteiger partial charge is 0.341 e. The van der Waals surface area contributed by atoms with Gasteiger partial charge < -0.3 is 25.1 Å². The number of carbonyl (C=O) groups excluding carboxylic acids is 3. The minimum Gasteiger partial charge on any atom is -0.483 e. The Kier molecular flexibility index (Phi) is 8.75. The van der Waals surface area contributed by atoms with Gasteiger partial charge in [-0.05, 0) is 52.3 Å². The summed E-state index contributed by atoms with van der Waals surface area (Å²) >= 11 is 2.13. The predicted octanol–water partition coefficient (Wildman–Crippen LogP) is 4.03. The number of aryl methyl sites for hydroxylation is 1. The SMILES string of the molecule is Cc1ccc(OC(C)c2nnc(SCC(=O)Nc3sc(C(N)=O)c(C)c3C(=O)OC(C)C)n2C)cc1. The summed E-state index contributed by atoms with van der Waals surface area (Å²) < 4.78 is 13.0. The monoisotopic (exact) mass is 531 g/mol. The van der Waals surface area contributed by atoms with Crippen molar-refractivity contribution in [3.63, 3.8) is 0 Å². The molecule has 1 aromatic carbocycles. The number of nitrogens with zero attached hydrogens (tertiary/aromatic N) is 3. The average Bonchev–Trinajstić information content (AvgIpc) is 3.32. The van der Waals surface area contributed by atoms with Crippen LogP contribution in [0.2, 0.25) is 0 Å². The summed E-state index contributed by atoms with van der Waals surface area (Å²) in [7, 11) is 1.80. The molecule has 0 aliphatic heterocycles. The van der Waals surface area contributed by atoms with Gasteiger partial charge in [0.15, 0.2) is 17.1 Å². The predicted molar refractivity (Wildman–Crippen MR) is 139 cm³/mol. The lowest BCUT2D eigenvalue weighted by Gasteiger charge is -2.14. The van der Waals surface area contributed by atoms with Crippen LogP contribution >= 0.6 is 23.1 Å². The number of esters is 1. The van der Waals surface area contributed by atoms with Crippen molar-refractivity contribution in [1.29, 1.82) is 0 Å². The molecule has 1 atom stereocenters. The number of primary amides is 1. The van der Waals surface area contributed by atoms with E-state index in [1.54, 1.807) is 32.4 Å². The number of hydrogen-bond acceptors (Lipinski definition) is 9. The van der Waals surface area contributed by atoms with Crippen LogP contribution in [-0.2, 0) is 16.6 Å². The van der Waals surface area contributed by atoms with E-state index in [1.165, 1.54) is 11.8 Å². The first-order valence-corrected chi connectivity index (χ1v) is 13.0. The maximum atomic E-state index is 12.7. The van der Waals surface area contributed by atoms with E-state index in [0.717, 1.165) is 22.6 Å². The molecule has 0 saturated heterocycles. The number of anilines is 1. The van der Waals surface area contributed by atoms with Crippen LogP contribution in [0.4, 0.5) is 5.00 Å². The molecule has 192 valence electrons. The van der Waals surface area contributed by atoms with Crippen LogP contribution in [0.25, 0.3) is 0 Å². The highest BCUT2D eigenvalue weighted by molar-refractivity contribution is 7.99. The van der Waals surface area contributed by atoms with E-state index in [2.05, 4.69) is 15.5 Å². The van der Waals surface area contributed by atoms with Gasteiger partial charge in [-0.2, -0.15) is 0 Å². The highest BCUT2D eigenvalue weighted by atomic mass is 32.2. The average molecular weight is 532 g/mol. The van der Waals surface area contributed by atoms with E-state index in [0.29, 0.717) is 16.5 Å². The third-order valence-electron chi connectivity index (χ3n) is 5.07. The molecule has 10 nitrogen and oxygen atoms in total. The van der Waals surface area contributed by atoms with E-state index in [-0.39, 0.29) is 39.3 Å². The molecule has 36 heavy (non-hydrogen) atoms. The number of nitrogens with two attached hydrogens (primary N) is 1. The molecule has 0 spiro atoms. The van der Waals surface area contributed by atoms with Crippen molar-refractivity contribution in [2.45, 2.75) is 52.0 Å². The van der Waals surface area contributed by atoms with Crippen molar-refractivity contribution >= 4 is 45.9 Å². The molecule has 0 fully saturated rings. The van der Waals surface area contributed by atoms with Gasteiger partial charge in [-0.1, -0.05) is 29.5 Å². The molecule has 3 aromatic rings. The van der Waals surface area contributed by atoms with Crippen LogP contribution in [0.1, 0.15) is 63.9 Å². The second-order valence-electron chi connectivity index (χ2n) is 8.39. The van der Waals surface area contributed by atoms with Gasteiger partial charge in [0.05, 0.1) is 22.3 Å². The Morgan fingerprint density at radius 1 is 1.14 bits per heavy atom. The number of hydrogen-bond donors (Lipinski definition) is 2. The number of thiophene rings is 1. The number of carbonyl (C=O) groups is 3. The summed E-state index contributed by atoms with van der Waals surface area (Å²) in [6.45, 7) is 8.90. The Morgan fingerprint density at radius 2 is 1.81 bits per heavy atom. The molecule has 2 heterocycles. The van der Waals surface area contributed by atoms with Gasteiger partial charge in [0.1, 0.15) is 10.8 Å². The van der Waals surface area contributed by atoms with E-state index < -0.39 is 11.9 Å². The maximum absolute atomic E-state index is 12.7. The standard InChI is InChI=1S/C24H29N5O5S2/c1-12(2)33-23(32)18-14(4)19(20(25)31)36-22(18)26-17(30)11-35-24-28-27-21(29(24)6)15(5)34-16-9-7-13(3)8-10-16/h7-10,12,15H,11H2,1-6H3,(H2,25,31)(H,26,30). The number of thioether (sulfide) groups is 1. The zero-order valence-electron chi connectivity index (χ0n) is 20.9. The lowest BCUT2D eigenvalue weighted by molar-refractivity contribution is -0.113. The molecule has 0 bridgehead atoms. The van der Waals surface area contributed by atoms with Crippen molar-refractivity contribution in [2.75, 3.05) is 11.1 Å². The third-order valence-corrected chi connectivity index (χ3v) is 7.31. The highest BCUT2D eigenvalue weighted by Gasteiger charge is 2.26. The summed E-state index contributed by atoms with van der Waals surface area (Å²) in [6.07, 6.45) is -0.723. The molecule has 2 aromatic heterocycles. The second-order valence-corrected chi connectivity index (χ2v) is 10.4. The van der Waals surface area contributed by atoms with Gasteiger partial charge in [0, 0.05) is 7.05 Å². The fourth-order valence-electron chi connectivity index (χ4n) is 3.33. The van der Waals surface area contributed by atoms with Crippen molar-refractivity contribution in [2.24, 2.45) is 12.8 Å². The summed E-state index contributed by atoms with van der Waals surface area (Å²) in [5.41, 5.74) is 7.08. The number of amides is 2. The number of rotatable bonds is 10. The Morgan fingerprint density at radius 3 is 2.42 bits per heavy atom. The van der Waals surface area contributed by atoms with E-state index >= 15 is 0 Å². The van der Waals surface area contributed by atoms with Crippen LogP contribution in [0.3, 0.4) is 0 Å². The van der Waals surface area contributed by atoms with Crippen LogP contribution < -0.4 is 15.8 Å². The van der Waals surface area contributed by atoms with Crippen LogP contribution in [0.5, 0.6) is 5.75 Å². The molecule has 1 unspecified atom stereocenters. The van der Waals surface area contributed by atoms with Gasteiger partial charge >= 0.3 is 5.97 Å². The zero-order valence-corrected chi connectivity index (χ0v) is 22.6. The van der Waals surface area contributed by atoms with Gasteiger partial charge in [-0.15, -0.1) is 21.5 Å². The molecule has 2 amide bonds. The molecule has 0 radical (unpaired) electrons. The van der Waals surface area contributed by atoms with Crippen molar-refractivity contribution < 1.29 is 23.9 Å². The van der Waals surface area contributed by atoms with Gasteiger partial charge in [-0.25, -0.2) is 4.79 Å². The molecule has 0 saturated carbocycles. The Bertz CT molecular complexity index is 1270. The largest absolute Gasteiger partial charge is 0.483 e. The highest BCUT2D eigenvalue weighted by Crippen LogP contribution is 2.34. The summed E-state index contributed by atoms with van der Waals surface area (Å²) in [6, 6.07) is 7.72. The molecular formula is C24H29N5O5S2. The molecule has 0 aliphatic rings. The minimum absolute atomic E-state index is 0.000689. The summed E-state index contributed by atoms with van der Waals surface area (Å²) in [5, 5.41) is 11.8. The van der Waals surface area contributed by atoms with Crippen molar-refractivity contribution in [3.8, 4) is 5.75 Å². The number of benzene rings is 1. The van der Waals surface area contributed by atoms with Crippen LogP contribution in [0, 0.1) is 13.8 Å². The Hall–Kier alpha value is -3.38.